The fraction of sp³-hybridized carbons (Fsp3) is 0.333. The largest absolute Gasteiger partial charge is 0.497 e. The lowest BCUT2D eigenvalue weighted by atomic mass is 10.1. The number of hydrogen-bond acceptors (Lipinski definition) is 5. The molecule has 1 amide bonds. The number of nitrogens with zero attached hydrogens (tertiary/aromatic N) is 2. The maximum Gasteiger partial charge on any atom is 0.416 e. The van der Waals surface area contributed by atoms with E-state index >= 15 is 0 Å². The summed E-state index contributed by atoms with van der Waals surface area (Å²) in [7, 11) is -0.177. The minimum Gasteiger partial charge on any atom is -0.497 e. The molecule has 32 heavy (non-hydrogen) atoms. The summed E-state index contributed by atoms with van der Waals surface area (Å²) >= 11 is 0. The van der Waals surface area contributed by atoms with Gasteiger partial charge in [-0.25, -0.2) is 8.51 Å². The van der Waals surface area contributed by atoms with Gasteiger partial charge < -0.3 is 14.9 Å². The van der Waals surface area contributed by atoms with Crippen LogP contribution in [0.4, 0.5) is 18.9 Å². The van der Waals surface area contributed by atoms with Crippen LogP contribution in [0.5, 0.6) is 5.75 Å². The number of benzene rings is 2. The van der Waals surface area contributed by atoms with Crippen molar-refractivity contribution in [3.05, 3.63) is 54.1 Å². The normalized spacial score (nSPS) is 15.7. The Balaban J connectivity index is 1.47. The highest BCUT2D eigenvalue weighted by atomic mass is 32.2. The lowest BCUT2D eigenvalue weighted by molar-refractivity contribution is -0.137. The first kappa shape index (κ1) is 23.7. The fourth-order valence-electron chi connectivity index (χ4n) is 3.01. The summed E-state index contributed by atoms with van der Waals surface area (Å²) < 4.78 is 58.0. The molecule has 0 spiro atoms. The van der Waals surface area contributed by atoms with E-state index in [2.05, 4.69) is 10.5 Å². The zero-order valence-corrected chi connectivity index (χ0v) is 18.0. The molecule has 172 valence electrons. The molecule has 1 aliphatic heterocycles. The van der Waals surface area contributed by atoms with E-state index in [1.165, 1.54) is 19.2 Å². The Bertz CT molecular complexity index is 1000. The van der Waals surface area contributed by atoms with Crippen LogP contribution in [-0.2, 0) is 26.8 Å². The van der Waals surface area contributed by atoms with Crippen LogP contribution in [0.3, 0.4) is 0 Å². The predicted molar refractivity (Wildman–Crippen MR) is 114 cm³/mol. The molecule has 0 saturated carbocycles. The van der Waals surface area contributed by atoms with E-state index in [9.17, 15) is 22.2 Å². The van der Waals surface area contributed by atoms with Crippen molar-refractivity contribution in [2.75, 3.05) is 32.1 Å². The first-order chi connectivity index (χ1) is 15.3. The van der Waals surface area contributed by atoms with Crippen LogP contribution in [0.1, 0.15) is 18.4 Å². The van der Waals surface area contributed by atoms with E-state index in [1.807, 2.05) is 0 Å². The minimum absolute atomic E-state index is 0.102. The number of hydrogen-bond donors (Lipinski definition) is 1. The summed E-state index contributed by atoms with van der Waals surface area (Å²) in [6.45, 7) is 0.419. The Morgan fingerprint density at radius 3 is 2.56 bits per heavy atom. The van der Waals surface area contributed by atoms with Crippen LogP contribution < -0.4 is 10.1 Å². The second kappa shape index (κ2) is 10.6. The summed E-state index contributed by atoms with van der Waals surface area (Å²) in [5.41, 5.74) is 0.427. The first-order valence-electron chi connectivity index (χ1n) is 9.72. The van der Waals surface area contributed by atoms with E-state index in [-0.39, 0.29) is 17.4 Å². The quantitative estimate of drug-likeness (QED) is 0.625. The number of amides is 1. The van der Waals surface area contributed by atoms with Crippen LogP contribution in [0.15, 0.2) is 58.6 Å². The second-order valence-corrected chi connectivity index (χ2v) is 8.40. The van der Waals surface area contributed by atoms with E-state index in [4.69, 9.17) is 9.57 Å². The number of nitrogens with one attached hydrogen (secondary N) is 1. The third kappa shape index (κ3) is 6.54. The molecule has 1 unspecified atom stereocenters. The molecule has 1 fully saturated rings. The molecule has 2 aromatic carbocycles. The Hall–Kier alpha value is -2.92. The molecule has 3 rings (SSSR count). The number of alkyl halides is 3. The highest BCUT2D eigenvalue weighted by molar-refractivity contribution is 7.82. The molecule has 1 atom stereocenters. The first-order valence-corrected chi connectivity index (χ1v) is 10.8. The third-order valence-electron chi connectivity index (χ3n) is 4.64. The van der Waals surface area contributed by atoms with Gasteiger partial charge in [0.1, 0.15) is 16.7 Å². The van der Waals surface area contributed by atoms with Gasteiger partial charge in [-0.3, -0.25) is 4.79 Å². The number of oxime groups is 1. The van der Waals surface area contributed by atoms with Crippen molar-refractivity contribution in [1.29, 1.82) is 0 Å². The second-order valence-electron chi connectivity index (χ2n) is 6.91. The van der Waals surface area contributed by atoms with E-state index in [0.717, 1.165) is 12.1 Å². The summed E-state index contributed by atoms with van der Waals surface area (Å²) in [6.07, 6.45) is -3.62. The third-order valence-corrected chi connectivity index (χ3v) is 6.13. The molecule has 2 aromatic rings. The lowest BCUT2D eigenvalue weighted by Gasteiger charge is -2.26. The molecular weight excluding hydrogens is 447 g/mol. The molecule has 1 aliphatic rings. The van der Waals surface area contributed by atoms with Crippen molar-refractivity contribution >= 4 is 28.3 Å². The Morgan fingerprint density at radius 1 is 1.16 bits per heavy atom. The average Bonchev–Trinajstić information content (AvgIpc) is 2.78. The topological polar surface area (TPSA) is 80.2 Å². The van der Waals surface area contributed by atoms with Crippen LogP contribution in [0.25, 0.3) is 0 Å². The van der Waals surface area contributed by atoms with Gasteiger partial charge in [-0.15, -0.1) is 0 Å². The van der Waals surface area contributed by atoms with Crippen molar-refractivity contribution in [2.45, 2.75) is 23.9 Å². The Labute approximate surface area is 185 Å². The Kier molecular flexibility index (Phi) is 7.86. The molecule has 0 aliphatic carbocycles. The lowest BCUT2D eigenvalue weighted by Crippen LogP contribution is -2.35. The standard InChI is InChI=1S/C21H22F3N3O4S/c1-30-18-6-3-5-17(13-18)25-20(28)14-31-26-16-8-10-27(11-9-16)32(29)19-7-2-4-15(12-19)21(22,23)24/h2-7,12-13H,8-11,14H2,1H3,(H,25,28). The van der Waals surface area contributed by atoms with Gasteiger partial charge in [-0.2, -0.15) is 13.2 Å². The van der Waals surface area contributed by atoms with Crippen LogP contribution in [0, 0.1) is 0 Å². The molecule has 1 saturated heterocycles. The highest BCUT2D eigenvalue weighted by Gasteiger charge is 2.31. The number of halogens is 3. The van der Waals surface area contributed by atoms with Gasteiger partial charge in [0.15, 0.2) is 6.61 Å². The van der Waals surface area contributed by atoms with E-state index in [1.54, 1.807) is 28.6 Å². The fourth-order valence-corrected chi connectivity index (χ4v) is 4.25. The number of piperidine rings is 1. The SMILES string of the molecule is COc1cccc(NC(=O)CON=C2CCN(S(=O)c3cccc(C(F)(F)F)c3)CC2)c1. The molecule has 1 heterocycles. The van der Waals surface area contributed by atoms with Crippen LogP contribution >= 0.6 is 0 Å². The molecular formula is C21H22F3N3O4S. The molecule has 0 radical (unpaired) electrons. The number of anilines is 1. The summed E-state index contributed by atoms with van der Waals surface area (Å²) in [5.74, 6) is 0.226. The van der Waals surface area contributed by atoms with Gasteiger partial charge in [0, 0.05) is 37.7 Å². The summed E-state index contributed by atoms with van der Waals surface area (Å²) in [6, 6.07) is 11.4. The van der Waals surface area contributed by atoms with Crippen molar-refractivity contribution in [2.24, 2.45) is 5.16 Å². The zero-order valence-electron chi connectivity index (χ0n) is 17.2. The maximum absolute atomic E-state index is 12.9. The van der Waals surface area contributed by atoms with Crippen molar-refractivity contribution in [3.8, 4) is 5.75 Å². The van der Waals surface area contributed by atoms with Crippen molar-refractivity contribution in [3.63, 3.8) is 0 Å². The minimum atomic E-state index is -4.49. The Morgan fingerprint density at radius 2 is 1.88 bits per heavy atom. The van der Waals surface area contributed by atoms with Gasteiger partial charge in [0.2, 0.25) is 0 Å². The van der Waals surface area contributed by atoms with Gasteiger partial charge in [0.25, 0.3) is 5.91 Å². The average molecular weight is 469 g/mol. The number of rotatable bonds is 7. The monoisotopic (exact) mass is 469 g/mol. The molecule has 0 bridgehead atoms. The van der Waals surface area contributed by atoms with Crippen LogP contribution in [0.2, 0.25) is 0 Å². The predicted octanol–water partition coefficient (Wildman–Crippen LogP) is 3.84. The maximum atomic E-state index is 12.9. The molecule has 7 nitrogen and oxygen atoms in total. The van der Waals surface area contributed by atoms with E-state index < -0.39 is 22.7 Å². The molecule has 11 heteroatoms. The number of carbonyl (C=O) groups is 1. The van der Waals surface area contributed by atoms with E-state index in [0.29, 0.717) is 43.1 Å². The summed E-state index contributed by atoms with van der Waals surface area (Å²) in [4.78, 5) is 17.2. The highest BCUT2D eigenvalue weighted by Crippen LogP contribution is 2.30. The number of carbonyl (C=O) groups excluding carboxylic acids is 1. The number of ether oxygens (including phenoxy) is 1. The molecule has 0 aromatic heterocycles. The smallest absolute Gasteiger partial charge is 0.416 e. The van der Waals surface area contributed by atoms with Gasteiger partial charge in [-0.1, -0.05) is 17.3 Å². The summed E-state index contributed by atoms with van der Waals surface area (Å²) in [5, 5.41) is 6.64. The van der Waals surface area contributed by atoms with Crippen molar-refractivity contribution in [1.82, 2.24) is 4.31 Å². The van der Waals surface area contributed by atoms with Crippen molar-refractivity contribution < 1.29 is 31.7 Å². The molecule has 1 N–H and O–H groups in total. The zero-order chi connectivity index (χ0) is 23.1. The van der Waals surface area contributed by atoms with Gasteiger partial charge >= 0.3 is 6.18 Å². The van der Waals surface area contributed by atoms with Gasteiger partial charge in [-0.05, 0) is 30.3 Å². The van der Waals surface area contributed by atoms with Crippen LogP contribution in [-0.4, -0.2) is 46.9 Å². The van der Waals surface area contributed by atoms with Gasteiger partial charge in [0.05, 0.1) is 23.3 Å². The number of methoxy groups -OCH3 is 1.